The van der Waals surface area contributed by atoms with E-state index in [1.54, 1.807) is 0 Å². The Morgan fingerprint density at radius 2 is 1.86 bits per heavy atom. The van der Waals surface area contributed by atoms with Crippen LogP contribution in [0.5, 0.6) is 0 Å². The number of carbonyl (C=O) groups excluding carboxylic acids is 1. The van der Waals surface area contributed by atoms with E-state index in [0.717, 1.165) is 0 Å². The minimum atomic E-state index is -0.527. The molecule has 0 amide bonds. The molecule has 0 radical (unpaired) electrons. The molecule has 0 aliphatic heterocycles. The molecule has 0 N–H and O–H groups in total. The quantitative estimate of drug-likeness (QED) is 0.376. The van der Waals surface area contributed by atoms with Gasteiger partial charge in [0.05, 0.1) is 0 Å². The van der Waals surface area contributed by atoms with Crippen LogP contribution in [0.3, 0.4) is 0 Å². The van der Waals surface area contributed by atoms with Crippen LogP contribution in [0.4, 0.5) is 0 Å². The molecule has 0 atom stereocenters. The van der Waals surface area contributed by atoms with Gasteiger partial charge in [0.2, 0.25) is 6.29 Å². The third kappa shape index (κ3) is 7.59. The van der Waals surface area contributed by atoms with Crippen molar-refractivity contribution in [3.63, 3.8) is 0 Å². The number of hydrogen-bond acceptors (Lipinski definition) is 4. The Balaban J connectivity index is 3.80. The van der Waals surface area contributed by atoms with Gasteiger partial charge in [-0.05, 0) is 19.8 Å². The maximum absolute atomic E-state index is 10.4. The average molecular weight is 200 g/mol. The Hall–Kier alpha value is -1.05. The van der Waals surface area contributed by atoms with Gasteiger partial charge in [0.1, 0.15) is 0 Å². The fraction of sp³-hybridized carbons (Fsp3) is 0.700. The van der Waals surface area contributed by atoms with Gasteiger partial charge < -0.3 is 14.2 Å². The molecule has 0 saturated carbocycles. The minimum absolute atomic E-state index is 0.0754. The van der Waals surface area contributed by atoms with Crippen LogP contribution >= 0.6 is 0 Å². The molecule has 0 aromatic rings. The summed E-state index contributed by atoms with van der Waals surface area (Å²) in [6.07, 6.45) is -0.527. The van der Waals surface area contributed by atoms with Gasteiger partial charge in [-0.3, -0.25) is 4.79 Å². The van der Waals surface area contributed by atoms with Crippen molar-refractivity contribution in [2.75, 3.05) is 19.8 Å². The summed E-state index contributed by atoms with van der Waals surface area (Å²) >= 11 is 0. The first-order valence-electron chi connectivity index (χ1n) is 4.55. The molecule has 0 heterocycles. The van der Waals surface area contributed by atoms with Crippen molar-refractivity contribution in [3.8, 4) is 11.8 Å². The van der Waals surface area contributed by atoms with Crippen molar-refractivity contribution in [1.82, 2.24) is 0 Å². The van der Waals surface area contributed by atoms with Crippen LogP contribution in [0.2, 0.25) is 0 Å². The summed E-state index contributed by atoms with van der Waals surface area (Å²) in [6, 6.07) is 0. The Labute approximate surface area is 84.5 Å². The second-order valence-corrected chi connectivity index (χ2v) is 2.34. The van der Waals surface area contributed by atoms with Crippen LogP contribution in [0.1, 0.15) is 20.8 Å². The monoisotopic (exact) mass is 200 g/mol. The smallest absolute Gasteiger partial charge is 0.303 e. The van der Waals surface area contributed by atoms with E-state index >= 15 is 0 Å². The van der Waals surface area contributed by atoms with Gasteiger partial charge in [-0.1, -0.05) is 5.92 Å². The third-order valence-electron chi connectivity index (χ3n) is 1.20. The molecule has 4 nitrogen and oxygen atoms in total. The SMILES string of the molecule is CCOC(C#CCOC(C)=O)OCC. The van der Waals surface area contributed by atoms with E-state index in [2.05, 4.69) is 16.6 Å². The van der Waals surface area contributed by atoms with Crippen molar-refractivity contribution in [1.29, 1.82) is 0 Å². The van der Waals surface area contributed by atoms with Gasteiger partial charge in [-0.15, -0.1) is 0 Å². The maximum Gasteiger partial charge on any atom is 0.303 e. The number of hydrogen-bond donors (Lipinski definition) is 0. The largest absolute Gasteiger partial charge is 0.453 e. The lowest BCUT2D eigenvalue weighted by Gasteiger charge is -2.09. The molecule has 0 aromatic carbocycles. The molecular weight excluding hydrogens is 184 g/mol. The van der Waals surface area contributed by atoms with Gasteiger partial charge in [0, 0.05) is 20.1 Å². The lowest BCUT2D eigenvalue weighted by molar-refractivity contribution is -0.139. The van der Waals surface area contributed by atoms with Crippen LogP contribution in [-0.2, 0) is 19.0 Å². The fourth-order valence-corrected chi connectivity index (χ4v) is 0.697. The van der Waals surface area contributed by atoms with Crippen LogP contribution in [-0.4, -0.2) is 32.1 Å². The fourth-order valence-electron chi connectivity index (χ4n) is 0.697. The highest BCUT2D eigenvalue weighted by atomic mass is 16.7. The molecule has 14 heavy (non-hydrogen) atoms. The second-order valence-electron chi connectivity index (χ2n) is 2.34. The van der Waals surface area contributed by atoms with Gasteiger partial charge >= 0.3 is 5.97 Å². The van der Waals surface area contributed by atoms with E-state index in [-0.39, 0.29) is 12.6 Å². The third-order valence-corrected chi connectivity index (χ3v) is 1.20. The molecule has 0 spiro atoms. The summed E-state index contributed by atoms with van der Waals surface area (Å²) in [5, 5.41) is 0. The molecular formula is C10H16O4. The normalized spacial score (nSPS) is 9.43. The van der Waals surface area contributed by atoms with E-state index < -0.39 is 6.29 Å². The van der Waals surface area contributed by atoms with Crippen molar-refractivity contribution < 1.29 is 19.0 Å². The first-order valence-corrected chi connectivity index (χ1v) is 4.55. The number of esters is 1. The zero-order valence-corrected chi connectivity index (χ0v) is 8.83. The highest BCUT2D eigenvalue weighted by Gasteiger charge is 2.01. The maximum atomic E-state index is 10.4. The van der Waals surface area contributed by atoms with Crippen molar-refractivity contribution in [2.24, 2.45) is 0 Å². The lowest BCUT2D eigenvalue weighted by atomic mass is 10.5. The average Bonchev–Trinajstić information content (AvgIpc) is 2.12. The lowest BCUT2D eigenvalue weighted by Crippen LogP contribution is -2.15. The van der Waals surface area contributed by atoms with Crippen molar-refractivity contribution in [2.45, 2.75) is 27.1 Å². The number of rotatable bonds is 5. The van der Waals surface area contributed by atoms with E-state index in [9.17, 15) is 4.79 Å². The highest BCUT2D eigenvalue weighted by Crippen LogP contribution is 1.92. The van der Waals surface area contributed by atoms with Gasteiger partial charge in [-0.25, -0.2) is 0 Å². The number of carbonyl (C=O) groups is 1. The molecule has 0 saturated heterocycles. The van der Waals surface area contributed by atoms with E-state index in [1.165, 1.54) is 6.92 Å². The standard InChI is InChI=1S/C10H16O4/c1-4-12-10(13-5-2)7-6-8-14-9(3)11/h10H,4-5,8H2,1-3H3. The molecule has 0 fully saturated rings. The summed E-state index contributed by atoms with van der Waals surface area (Å²) in [6.45, 7) is 6.20. The highest BCUT2D eigenvalue weighted by molar-refractivity contribution is 5.66. The molecule has 80 valence electrons. The molecule has 4 heteroatoms. The molecule has 0 aromatic heterocycles. The van der Waals surface area contributed by atoms with Crippen molar-refractivity contribution in [3.05, 3.63) is 0 Å². The van der Waals surface area contributed by atoms with Gasteiger partial charge in [0.25, 0.3) is 0 Å². The van der Waals surface area contributed by atoms with Gasteiger partial charge in [0.15, 0.2) is 6.61 Å². The molecule has 0 aliphatic rings. The molecule has 0 bridgehead atoms. The summed E-state index contributed by atoms with van der Waals surface area (Å²) < 4.78 is 14.9. The summed E-state index contributed by atoms with van der Waals surface area (Å²) in [5.41, 5.74) is 0. The van der Waals surface area contributed by atoms with E-state index in [4.69, 9.17) is 9.47 Å². The Bertz CT molecular complexity index is 208. The van der Waals surface area contributed by atoms with Crippen LogP contribution in [0.15, 0.2) is 0 Å². The Morgan fingerprint density at radius 3 is 2.29 bits per heavy atom. The van der Waals surface area contributed by atoms with Crippen LogP contribution in [0, 0.1) is 11.8 Å². The van der Waals surface area contributed by atoms with Crippen LogP contribution < -0.4 is 0 Å². The zero-order chi connectivity index (χ0) is 10.8. The predicted molar refractivity (Wildman–Crippen MR) is 51.4 cm³/mol. The molecule has 0 unspecified atom stereocenters. The summed E-state index contributed by atoms with van der Waals surface area (Å²) in [7, 11) is 0. The Morgan fingerprint density at radius 1 is 1.29 bits per heavy atom. The minimum Gasteiger partial charge on any atom is -0.453 e. The first-order chi connectivity index (χ1) is 6.70. The van der Waals surface area contributed by atoms with Gasteiger partial charge in [-0.2, -0.15) is 0 Å². The Kier molecular flexibility index (Phi) is 7.90. The topological polar surface area (TPSA) is 44.8 Å². The predicted octanol–water partition coefficient (Wildman–Crippen LogP) is 0.952. The number of ether oxygens (including phenoxy) is 3. The summed E-state index contributed by atoms with van der Waals surface area (Å²) in [4.78, 5) is 10.4. The van der Waals surface area contributed by atoms with E-state index in [0.29, 0.717) is 13.2 Å². The van der Waals surface area contributed by atoms with Crippen LogP contribution in [0.25, 0.3) is 0 Å². The van der Waals surface area contributed by atoms with Crippen molar-refractivity contribution >= 4 is 5.97 Å². The summed E-state index contributed by atoms with van der Waals surface area (Å²) in [5.74, 6) is 5.00. The molecule has 0 rings (SSSR count). The first kappa shape index (κ1) is 12.9. The zero-order valence-electron chi connectivity index (χ0n) is 8.83. The second kappa shape index (κ2) is 8.54. The molecule has 0 aliphatic carbocycles. The van der Waals surface area contributed by atoms with E-state index in [1.807, 2.05) is 13.8 Å².